The molecule has 192 valence electrons. The van der Waals surface area contributed by atoms with Gasteiger partial charge in [-0.05, 0) is 22.2 Å². The maximum Gasteiger partial charge on any atom is 0.335 e. The first kappa shape index (κ1) is 26.3. The fourth-order valence-electron chi connectivity index (χ4n) is 4.25. The molecule has 1 fully saturated rings. The highest BCUT2D eigenvalue weighted by atomic mass is 16.6. The average Bonchev–Trinajstić information content (AvgIpc) is 2.94. The van der Waals surface area contributed by atoms with Gasteiger partial charge in [0.05, 0.1) is 32.5 Å². The summed E-state index contributed by atoms with van der Waals surface area (Å²) in [5.74, 6) is -1.20. The van der Waals surface area contributed by atoms with E-state index in [4.69, 9.17) is 24.5 Å². The molecule has 1 heterocycles. The molecule has 1 aliphatic heterocycles. The summed E-state index contributed by atoms with van der Waals surface area (Å²) < 4.78 is 24.7. The van der Waals surface area contributed by atoms with E-state index in [0.29, 0.717) is 0 Å². The number of hydrogen-bond donors (Lipinski definition) is 1. The first-order valence-electron chi connectivity index (χ1n) is 12.0. The zero-order valence-corrected chi connectivity index (χ0v) is 20.2. The molecule has 0 aromatic heterocycles. The van der Waals surface area contributed by atoms with Crippen molar-refractivity contribution in [2.75, 3.05) is 6.54 Å². The van der Waals surface area contributed by atoms with Crippen molar-refractivity contribution in [3.05, 3.63) is 118 Å². The van der Waals surface area contributed by atoms with Crippen molar-refractivity contribution in [2.45, 2.75) is 50.3 Å². The van der Waals surface area contributed by atoms with Gasteiger partial charge in [-0.15, -0.1) is 0 Å². The van der Waals surface area contributed by atoms with Gasteiger partial charge in [-0.1, -0.05) is 96.1 Å². The van der Waals surface area contributed by atoms with Crippen LogP contribution in [-0.4, -0.2) is 48.1 Å². The maximum absolute atomic E-state index is 12.3. The summed E-state index contributed by atoms with van der Waals surface area (Å²) >= 11 is 0. The molecule has 3 aromatic carbocycles. The van der Waals surface area contributed by atoms with Gasteiger partial charge < -0.3 is 24.1 Å². The lowest BCUT2D eigenvalue weighted by atomic mass is 9.93. The summed E-state index contributed by atoms with van der Waals surface area (Å²) in [6.07, 6.45) is -4.75. The summed E-state index contributed by atoms with van der Waals surface area (Å²) in [5, 5.41) is 13.7. The monoisotopic (exact) mass is 503 g/mol. The summed E-state index contributed by atoms with van der Waals surface area (Å²) in [5.41, 5.74) is 11.7. The summed E-state index contributed by atoms with van der Waals surface area (Å²) in [7, 11) is 0. The van der Waals surface area contributed by atoms with Crippen molar-refractivity contribution in [1.29, 1.82) is 0 Å². The molecule has 0 unspecified atom stereocenters. The Morgan fingerprint density at radius 3 is 1.62 bits per heavy atom. The third kappa shape index (κ3) is 7.39. The van der Waals surface area contributed by atoms with Gasteiger partial charge in [0, 0.05) is 4.91 Å². The number of ether oxygens (including phenoxy) is 4. The minimum Gasteiger partial charge on any atom is -0.479 e. The Kier molecular flexibility index (Phi) is 9.65. The molecule has 9 nitrogen and oxygen atoms in total. The summed E-state index contributed by atoms with van der Waals surface area (Å²) in [4.78, 5) is 15.1. The van der Waals surface area contributed by atoms with E-state index in [2.05, 4.69) is 10.0 Å². The van der Waals surface area contributed by atoms with Gasteiger partial charge in [-0.3, -0.25) is 0 Å². The molecule has 0 amide bonds. The third-order valence-corrected chi connectivity index (χ3v) is 6.06. The number of carboxylic acid groups (broad SMARTS) is 1. The fraction of sp³-hybridized carbons (Fsp3) is 0.321. The number of nitrogens with zero attached hydrogens (tertiary/aromatic N) is 3. The Bertz CT molecular complexity index is 1160. The van der Waals surface area contributed by atoms with Crippen LogP contribution in [0.25, 0.3) is 10.4 Å². The van der Waals surface area contributed by atoms with E-state index < -0.39 is 36.5 Å². The van der Waals surface area contributed by atoms with Crippen LogP contribution >= 0.6 is 0 Å². The second-order valence-electron chi connectivity index (χ2n) is 8.63. The minimum atomic E-state index is -1.35. The molecule has 3 aromatic rings. The highest BCUT2D eigenvalue weighted by molar-refractivity contribution is 5.73. The second-order valence-corrected chi connectivity index (χ2v) is 8.63. The summed E-state index contributed by atoms with van der Waals surface area (Å²) in [6, 6.07) is 28.6. The lowest BCUT2D eigenvalue weighted by Gasteiger charge is -2.44. The second kappa shape index (κ2) is 13.5. The Labute approximate surface area is 215 Å². The van der Waals surface area contributed by atoms with Crippen LogP contribution in [0.5, 0.6) is 0 Å². The molecule has 4 rings (SSSR count). The van der Waals surface area contributed by atoms with Crippen molar-refractivity contribution in [1.82, 2.24) is 0 Å². The molecule has 37 heavy (non-hydrogen) atoms. The van der Waals surface area contributed by atoms with E-state index in [0.717, 1.165) is 16.7 Å². The van der Waals surface area contributed by atoms with Crippen molar-refractivity contribution in [3.8, 4) is 0 Å². The Hall–Kier alpha value is -3.72. The average molecular weight is 504 g/mol. The Morgan fingerprint density at radius 2 is 1.19 bits per heavy atom. The van der Waals surface area contributed by atoms with Crippen LogP contribution < -0.4 is 0 Å². The molecule has 0 spiro atoms. The van der Waals surface area contributed by atoms with Crippen LogP contribution in [0.2, 0.25) is 0 Å². The largest absolute Gasteiger partial charge is 0.479 e. The molecule has 0 aliphatic carbocycles. The zero-order valence-electron chi connectivity index (χ0n) is 20.2. The highest BCUT2D eigenvalue weighted by Gasteiger charge is 2.50. The molecule has 0 bridgehead atoms. The first-order chi connectivity index (χ1) is 18.2. The lowest BCUT2D eigenvalue weighted by Crippen LogP contribution is -2.62. The number of carbonyl (C=O) groups is 1. The number of benzene rings is 3. The van der Waals surface area contributed by atoms with Gasteiger partial charge >= 0.3 is 5.97 Å². The standard InChI is InChI=1S/C28H29N3O6/c29-31-30-16-23-24(34-17-20-10-4-1-5-11-20)25(35-18-21-12-6-2-7-13-21)26(27(37-23)28(32)33)36-19-22-14-8-3-9-15-22/h1-15,23-27H,16-19H2,(H,32,33)/t23-,24-,25+,26-,27-/m0/s1. The fourth-order valence-corrected chi connectivity index (χ4v) is 4.25. The SMILES string of the molecule is [N-]=[N+]=NC[C@@H]1O[C@H](C(=O)O)[C@@H](OCc2ccccc2)[C@H](OCc2ccccc2)[C@H]1OCc1ccccc1. The number of azide groups is 1. The highest BCUT2D eigenvalue weighted by Crippen LogP contribution is 2.31. The van der Waals surface area contributed by atoms with Gasteiger partial charge in [-0.25, -0.2) is 4.79 Å². The van der Waals surface area contributed by atoms with Crippen molar-refractivity contribution in [2.24, 2.45) is 5.11 Å². The van der Waals surface area contributed by atoms with Gasteiger partial charge in [0.25, 0.3) is 0 Å². The smallest absolute Gasteiger partial charge is 0.335 e. The van der Waals surface area contributed by atoms with Crippen LogP contribution in [-0.2, 0) is 43.6 Å². The molecular weight excluding hydrogens is 474 g/mol. The molecule has 9 heteroatoms. The van der Waals surface area contributed by atoms with Crippen molar-refractivity contribution < 1.29 is 28.8 Å². The van der Waals surface area contributed by atoms with Crippen molar-refractivity contribution >= 4 is 5.97 Å². The van der Waals surface area contributed by atoms with Crippen LogP contribution in [0.3, 0.4) is 0 Å². The van der Waals surface area contributed by atoms with Crippen LogP contribution in [0.1, 0.15) is 16.7 Å². The van der Waals surface area contributed by atoms with Crippen LogP contribution in [0.15, 0.2) is 96.1 Å². The van der Waals surface area contributed by atoms with E-state index >= 15 is 0 Å². The van der Waals surface area contributed by atoms with Crippen LogP contribution in [0.4, 0.5) is 0 Å². The van der Waals surface area contributed by atoms with E-state index in [9.17, 15) is 9.90 Å². The normalized spacial score (nSPS) is 23.2. The first-order valence-corrected chi connectivity index (χ1v) is 12.0. The number of hydrogen-bond acceptors (Lipinski definition) is 6. The van der Waals surface area contributed by atoms with Gasteiger partial charge in [0.15, 0.2) is 6.10 Å². The predicted molar refractivity (Wildman–Crippen MR) is 135 cm³/mol. The molecule has 1 aliphatic rings. The quantitative estimate of drug-likeness (QED) is 0.213. The topological polar surface area (TPSA) is 123 Å². The van der Waals surface area contributed by atoms with Gasteiger partial charge in [0.1, 0.15) is 18.3 Å². The molecular formula is C28H29N3O6. The molecule has 5 atom stereocenters. The number of rotatable bonds is 12. The van der Waals surface area contributed by atoms with E-state index in [1.807, 2.05) is 91.0 Å². The Morgan fingerprint density at radius 1 is 0.757 bits per heavy atom. The molecule has 0 radical (unpaired) electrons. The van der Waals surface area contributed by atoms with Gasteiger partial charge in [-0.2, -0.15) is 0 Å². The number of carboxylic acids is 1. The third-order valence-electron chi connectivity index (χ3n) is 6.06. The van der Waals surface area contributed by atoms with E-state index in [-0.39, 0.29) is 26.4 Å². The maximum atomic E-state index is 12.3. The van der Waals surface area contributed by atoms with Gasteiger partial charge in [0.2, 0.25) is 0 Å². The molecule has 1 saturated heterocycles. The number of aliphatic carboxylic acids is 1. The zero-order chi connectivity index (χ0) is 25.9. The lowest BCUT2D eigenvalue weighted by molar-refractivity contribution is -0.262. The minimum absolute atomic E-state index is 0.115. The van der Waals surface area contributed by atoms with E-state index in [1.165, 1.54) is 0 Å². The summed E-state index contributed by atoms with van der Waals surface area (Å²) in [6.45, 7) is 0.491. The van der Waals surface area contributed by atoms with Crippen LogP contribution in [0, 0.1) is 0 Å². The predicted octanol–water partition coefficient (Wildman–Crippen LogP) is 4.90. The molecule has 0 saturated carbocycles. The Balaban J connectivity index is 1.64. The van der Waals surface area contributed by atoms with Crippen molar-refractivity contribution in [3.63, 3.8) is 0 Å². The van der Waals surface area contributed by atoms with E-state index in [1.54, 1.807) is 0 Å². The molecule has 1 N–H and O–H groups in total.